The summed E-state index contributed by atoms with van der Waals surface area (Å²) in [6.45, 7) is 2.86. The number of amides is 3. The SMILES string of the molecule is Cc1ccc(N2CCNC2=O)cc1NC(=O)c1cc(NS(C)(=O)=O)ccc1O. The molecule has 1 aliphatic rings. The largest absolute Gasteiger partial charge is 0.507 e. The molecule has 0 aliphatic carbocycles. The van der Waals surface area contributed by atoms with Gasteiger partial charge in [0, 0.05) is 30.2 Å². The lowest BCUT2D eigenvalue weighted by atomic mass is 10.1. The number of nitrogens with zero attached hydrogens (tertiary/aromatic N) is 1. The fourth-order valence-corrected chi connectivity index (χ4v) is 3.37. The quantitative estimate of drug-likeness (QED) is 0.566. The summed E-state index contributed by atoms with van der Waals surface area (Å²) in [5, 5.41) is 15.4. The molecule has 0 bridgehead atoms. The Labute approximate surface area is 162 Å². The number of aryl methyl sites for hydroxylation is 1. The summed E-state index contributed by atoms with van der Waals surface area (Å²) in [4.78, 5) is 26.1. The number of anilines is 3. The van der Waals surface area contributed by atoms with Gasteiger partial charge in [-0.05, 0) is 42.8 Å². The van der Waals surface area contributed by atoms with Crippen molar-refractivity contribution in [1.82, 2.24) is 5.32 Å². The van der Waals surface area contributed by atoms with Crippen molar-refractivity contribution in [3.63, 3.8) is 0 Å². The van der Waals surface area contributed by atoms with E-state index in [9.17, 15) is 23.1 Å². The minimum absolute atomic E-state index is 0.0858. The molecule has 1 heterocycles. The maximum atomic E-state index is 12.7. The number of aromatic hydroxyl groups is 1. The third-order valence-corrected chi connectivity index (χ3v) is 4.79. The van der Waals surface area contributed by atoms with Crippen LogP contribution in [0.3, 0.4) is 0 Å². The molecule has 2 aromatic rings. The zero-order valence-electron chi connectivity index (χ0n) is 15.3. The number of phenolic OH excluding ortho intramolecular Hbond substituents is 1. The third kappa shape index (κ3) is 4.34. The number of hydrogen-bond acceptors (Lipinski definition) is 5. The molecule has 10 heteroatoms. The first-order chi connectivity index (χ1) is 13.1. The van der Waals surface area contributed by atoms with E-state index >= 15 is 0 Å². The number of hydrogen-bond donors (Lipinski definition) is 4. The molecule has 1 aliphatic heterocycles. The lowest BCUT2D eigenvalue weighted by Crippen LogP contribution is -2.27. The van der Waals surface area contributed by atoms with Crippen LogP contribution in [0.4, 0.5) is 21.9 Å². The second-order valence-electron chi connectivity index (χ2n) is 6.44. The van der Waals surface area contributed by atoms with Crippen molar-refractivity contribution in [3.05, 3.63) is 47.5 Å². The Morgan fingerprint density at radius 1 is 1.21 bits per heavy atom. The summed E-state index contributed by atoms with van der Waals surface area (Å²) in [6.07, 6.45) is 0.989. The molecular weight excluding hydrogens is 384 g/mol. The number of rotatable bonds is 5. The minimum atomic E-state index is -3.53. The predicted molar refractivity (Wildman–Crippen MR) is 106 cm³/mol. The molecule has 3 rings (SSSR count). The van der Waals surface area contributed by atoms with E-state index in [0.717, 1.165) is 11.8 Å². The number of carbonyl (C=O) groups excluding carboxylic acids is 2. The van der Waals surface area contributed by atoms with Crippen LogP contribution in [-0.2, 0) is 10.0 Å². The second-order valence-corrected chi connectivity index (χ2v) is 8.19. The number of benzene rings is 2. The van der Waals surface area contributed by atoms with Gasteiger partial charge in [0.1, 0.15) is 5.75 Å². The molecular formula is C18H20N4O5S. The maximum absolute atomic E-state index is 12.7. The highest BCUT2D eigenvalue weighted by Crippen LogP contribution is 2.27. The van der Waals surface area contributed by atoms with Crippen LogP contribution in [-0.4, -0.2) is 44.8 Å². The second kappa shape index (κ2) is 7.39. The monoisotopic (exact) mass is 404 g/mol. The predicted octanol–water partition coefficient (Wildman–Crippen LogP) is 1.85. The molecule has 1 fully saturated rings. The first-order valence-electron chi connectivity index (χ1n) is 8.42. The molecule has 2 aromatic carbocycles. The summed E-state index contributed by atoms with van der Waals surface area (Å²) in [7, 11) is -3.53. The molecule has 0 spiro atoms. The van der Waals surface area contributed by atoms with Crippen LogP contribution < -0.4 is 20.3 Å². The van der Waals surface area contributed by atoms with E-state index in [1.807, 2.05) is 0 Å². The molecule has 0 unspecified atom stereocenters. The number of phenols is 1. The van der Waals surface area contributed by atoms with E-state index in [1.54, 1.807) is 30.0 Å². The molecule has 9 nitrogen and oxygen atoms in total. The van der Waals surface area contributed by atoms with Crippen molar-refractivity contribution in [2.45, 2.75) is 6.92 Å². The van der Waals surface area contributed by atoms with E-state index in [2.05, 4.69) is 15.4 Å². The molecule has 148 valence electrons. The van der Waals surface area contributed by atoms with Gasteiger partial charge in [0.25, 0.3) is 5.91 Å². The van der Waals surface area contributed by atoms with E-state index in [-0.39, 0.29) is 23.0 Å². The van der Waals surface area contributed by atoms with Crippen molar-refractivity contribution in [2.24, 2.45) is 0 Å². The van der Waals surface area contributed by atoms with Crippen LogP contribution in [0.5, 0.6) is 5.75 Å². The van der Waals surface area contributed by atoms with Gasteiger partial charge in [-0.2, -0.15) is 0 Å². The zero-order chi connectivity index (χ0) is 20.5. The molecule has 3 amide bonds. The van der Waals surface area contributed by atoms with Crippen LogP contribution in [0.1, 0.15) is 15.9 Å². The van der Waals surface area contributed by atoms with Crippen molar-refractivity contribution in [1.29, 1.82) is 0 Å². The molecule has 4 N–H and O–H groups in total. The minimum Gasteiger partial charge on any atom is -0.507 e. The van der Waals surface area contributed by atoms with Crippen LogP contribution in [0, 0.1) is 6.92 Å². The standard InChI is InChI=1S/C18H20N4O5S/c1-11-3-5-13(22-8-7-19-18(22)25)10-15(11)20-17(24)14-9-12(4-6-16(14)23)21-28(2,26)27/h3-6,9-10,21,23H,7-8H2,1-2H3,(H,19,25)(H,20,24). The average Bonchev–Trinajstić information content (AvgIpc) is 3.03. The third-order valence-electron chi connectivity index (χ3n) is 4.18. The first-order valence-corrected chi connectivity index (χ1v) is 10.3. The number of urea groups is 1. The van der Waals surface area contributed by atoms with Crippen LogP contribution in [0.25, 0.3) is 0 Å². The summed E-state index contributed by atoms with van der Waals surface area (Å²) < 4.78 is 25.0. The van der Waals surface area contributed by atoms with Gasteiger partial charge in [0.15, 0.2) is 0 Å². The lowest BCUT2D eigenvalue weighted by Gasteiger charge is -2.17. The van der Waals surface area contributed by atoms with Gasteiger partial charge in [0.2, 0.25) is 10.0 Å². The summed E-state index contributed by atoms with van der Waals surface area (Å²) >= 11 is 0. The van der Waals surface area contributed by atoms with Crippen molar-refractivity contribution in [3.8, 4) is 5.75 Å². The first kappa shape index (κ1) is 19.5. The average molecular weight is 404 g/mol. The number of nitrogens with one attached hydrogen (secondary N) is 3. The highest BCUT2D eigenvalue weighted by atomic mass is 32.2. The maximum Gasteiger partial charge on any atom is 0.321 e. The van der Waals surface area contributed by atoms with E-state index in [4.69, 9.17) is 0 Å². The van der Waals surface area contributed by atoms with Crippen molar-refractivity contribution < 1.29 is 23.1 Å². The van der Waals surface area contributed by atoms with Gasteiger partial charge >= 0.3 is 6.03 Å². The van der Waals surface area contributed by atoms with E-state index < -0.39 is 15.9 Å². The Morgan fingerprint density at radius 3 is 2.61 bits per heavy atom. The lowest BCUT2D eigenvalue weighted by molar-refractivity contribution is 0.102. The Kier molecular flexibility index (Phi) is 5.14. The summed E-state index contributed by atoms with van der Waals surface area (Å²) in [6, 6.07) is 8.86. The van der Waals surface area contributed by atoms with Gasteiger partial charge in [0.05, 0.1) is 11.8 Å². The summed E-state index contributed by atoms with van der Waals surface area (Å²) in [5.41, 5.74) is 1.94. The fraction of sp³-hybridized carbons (Fsp3) is 0.222. The van der Waals surface area contributed by atoms with Gasteiger partial charge < -0.3 is 15.7 Å². The van der Waals surface area contributed by atoms with Crippen molar-refractivity contribution in [2.75, 3.05) is 34.3 Å². The van der Waals surface area contributed by atoms with Gasteiger partial charge in [-0.1, -0.05) is 6.07 Å². The topological polar surface area (TPSA) is 128 Å². The number of carbonyl (C=O) groups is 2. The van der Waals surface area contributed by atoms with Gasteiger partial charge in [-0.3, -0.25) is 14.4 Å². The normalized spacial score (nSPS) is 13.9. The smallest absolute Gasteiger partial charge is 0.321 e. The highest BCUT2D eigenvalue weighted by Gasteiger charge is 2.22. The Balaban J connectivity index is 1.87. The number of sulfonamides is 1. The molecule has 28 heavy (non-hydrogen) atoms. The molecule has 0 radical (unpaired) electrons. The Morgan fingerprint density at radius 2 is 1.96 bits per heavy atom. The van der Waals surface area contributed by atoms with Crippen molar-refractivity contribution >= 4 is 39.0 Å². The fourth-order valence-electron chi connectivity index (χ4n) is 2.82. The van der Waals surface area contributed by atoms with Crippen LogP contribution in [0.15, 0.2) is 36.4 Å². The van der Waals surface area contributed by atoms with E-state index in [0.29, 0.717) is 24.5 Å². The Bertz CT molecular complexity index is 1050. The molecule has 0 aromatic heterocycles. The Hall–Kier alpha value is -3.27. The molecule has 0 saturated carbocycles. The molecule has 0 atom stereocenters. The van der Waals surface area contributed by atoms with Crippen LogP contribution >= 0.6 is 0 Å². The summed E-state index contributed by atoms with van der Waals surface area (Å²) in [5.74, 6) is -0.898. The molecule has 1 saturated heterocycles. The van der Waals surface area contributed by atoms with Crippen LogP contribution in [0.2, 0.25) is 0 Å². The van der Waals surface area contributed by atoms with Gasteiger partial charge in [-0.15, -0.1) is 0 Å². The zero-order valence-corrected chi connectivity index (χ0v) is 16.1. The van der Waals surface area contributed by atoms with E-state index in [1.165, 1.54) is 18.2 Å². The highest BCUT2D eigenvalue weighted by molar-refractivity contribution is 7.92. The van der Waals surface area contributed by atoms with Gasteiger partial charge in [-0.25, -0.2) is 13.2 Å².